The van der Waals surface area contributed by atoms with E-state index in [-0.39, 0.29) is 11.6 Å². The van der Waals surface area contributed by atoms with Crippen molar-refractivity contribution in [3.8, 4) is 5.75 Å². The Bertz CT molecular complexity index is 350. The smallest absolute Gasteiger partial charge is 0.122 e. The SMILES string of the molecule is CNC(Cc1ccccc1OC)C(C)(C)OC. The van der Waals surface area contributed by atoms with Gasteiger partial charge in [-0.3, -0.25) is 0 Å². The second-order valence-electron chi connectivity index (χ2n) is 4.66. The molecule has 0 aliphatic rings. The van der Waals surface area contributed by atoms with E-state index in [1.54, 1.807) is 14.2 Å². The van der Waals surface area contributed by atoms with Crippen molar-refractivity contribution in [3.05, 3.63) is 29.8 Å². The van der Waals surface area contributed by atoms with E-state index in [0.29, 0.717) is 0 Å². The van der Waals surface area contributed by atoms with Gasteiger partial charge in [0.25, 0.3) is 0 Å². The largest absolute Gasteiger partial charge is 0.496 e. The minimum Gasteiger partial charge on any atom is -0.496 e. The number of nitrogens with one attached hydrogen (secondary N) is 1. The Labute approximate surface area is 104 Å². The van der Waals surface area contributed by atoms with Gasteiger partial charge in [-0.1, -0.05) is 18.2 Å². The molecule has 0 bridgehead atoms. The topological polar surface area (TPSA) is 30.5 Å². The molecule has 96 valence electrons. The van der Waals surface area contributed by atoms with E-state index < -0.39 is 0 Å². The summed E-state index contributed by atoms with van der Waals surface area (Å²) in [5, 5.41) is 3.31. The van der Waals surface area contributed by atoms with E-state index in [2.05, 4.69) is 25.2 Å². The first-order valence-electron chi connectivity index (χ1n) is 5.89. The third-order valence-electron chi connectivity index (χ3n) is 3.33. The van der Waals surface area contributed by atoms with Gasteiger partial charge in [0.2, 0.25) is 0 Å². The minimum absolute atomic E-state index is 0.213. The van der Waals surface area contributed by atoms with Crippen molar-refractivity contribution in [2.24, 2.45) is 0 Å². The molecule has 3 nitrogen and oxygen atoms in total. The van der Waals surface area contributed by atoms with Gasteiger partial charge in [-0.2, -0.15) is 0 Å². The Kier molecular flexibility index (Phi) is 4.97. The lowest BCUT2D eigenvalue weighted by Gasteiger charge is -2.33. The third-order valence-corrected chi connectivity index (χ3v) is 3.33. The van der Waals surface area contributed by atoms with Crippen LogP contribution in [0.1, 0.15) is 19.4 Å². The summed E-state index contributed by atoms with van der Waals surface area (Å²) in [5.74, 6) is 0.930. The fraction of sp³-hybridized carbons (Fsp3) is 0.571. The van der Waals surface area contributed by atoms with Crippen molar-refractivity contribution >= 4 is 0 Å². The summed E-state index contributed by atoms with van der Waals surface area (Å²) in [6.07, 6.45) is 0.876. The van der Waals surface area contributed by atoms with Crippen molar-refractivity contribution in [2.45, 2.75) is 31.9 Å². The molecule has 17 heavy (non-hydrogen) atoms. The molecule has 0 saturated carbocycles. The number of likely N-dealkylation sites (N-methyl/N-ethyl adjacent to an activating group) is 1. The van der Waals surface area contributed by atoms with Gasteiger partial charge in [-0.15, -0.1) is 0 Å². The van der Waals surface area contributed by atoms with Crippen LogP contribution in [0.15, 0.2) is 24.3 Å². The van der Waals surface area contributed by atoms with E-state index in [0.717, 1.165) is 12.2 Å². The zero-order valence-electron chi connectivity index (χ0n) is 11.4. The lowest BCUT2D eigenvalue weighted by Crippen LogP contribution is -2.48. The summed E-state index contributed by atoms with van der Waals surface area (Å²) in [5.41, 5.74) is 0.981. The van der Waals surface area contributed by atoms with Crippen LogP contribution in [0.4, 0.5) is 0 Å². The molecule has 0 aliphatic carbocycles. The Morgan fingerprint density at radius 2 is 1.88 bits per heavy atom. The maximum absolute atomic E-state index is 5.53. The fourth-order valence-electron chi connectivity index (χ4n) is 1.93. The Hall–Kier alpha value is -1.06. The highest BCUT2D eigenvalue weighted by Crippen LogP contribution is 2.23. The third kappa shape index (κ3) is 3.45. The molecule has 1 N–H and O–H groups in total. The number of hydrogen-bond acceptors (Lipinski definition) is 3. The van der Waals surface area contributed by atoms with E-state index >= 15 is 0 Å². The van der Waals surface area contributed by atoms with Crippen LogP contribution >= 0.6 is 0 Å². The number of ether oxygens (including phenoxy) is 2. The zero-order valence-corrected chi connectivity index (χ0v) is 11.4. The van der Waals surface area contributed by atoms with Crippen molar-refractivity contribution in [1.82, 2.24) is 5.32 Å². The molecule has 0 radical (unpaired) electrons. The summed E-state index contributed by atoms with van der Waals surface area (Å²) in [6, 6.07) is 8.34. The van der Waals surface area contributed by atoms with Gasteiger partial charge >= 0.3 is 0 Å². The van der Waals surface area contributed by atoms with Crippen molar-refractivity contribution in [1.29, 1.82) is 0 Å². The average Bonchev–Trinajstić information content (AvgIpc) is 2.36. The maximum atomic E-state index is 5.53. The zero-order chi connectivity index (χ0) is 12.9. The van der Waals surface area contributed by atoms with Gasteiger partial charge in [0.05, 0.1) is 12.7 Å². The molecule has 0 spiro atoms. The molecule has 3 heteroatoms. The van der Waals surface area contributed by atoms with Crippen LogP contribution in [-0.2, 0) is 11.2 Å². The number of rotatable bonds is 6. The number of para-hydroxylation sites is 1. The molecule has 0 aromatic heterocycles. The van der Waals surface area contributed by atoms with Gasteiger partial charge in [-0.25, -0.2) is 0 Å². The van der Waals surface area contributed by atoms with Crippen LogP contribution in [0, 0.1) is 0 Å². The van der Waals surface area contributed by atoms with Gasteiger partial charge in [-0.05, 0) is 38.9 Å². The monoisotopic (exact) mass is 237 g/mol. The number of benzene rings is 1. The lowest BCUT2D eigenvalue weighted by atomic mass is 9.92. The molecule has 0 amide bonds. The molecular formula is C14H23NO2. The summed E-state index contributed by atoms with van der Waals surface area (Å²) in [6.45, 7) is 4.17. The van der Waals surface area contributed by atoms with E-state index in [9.17, 15) is 0 Å². The molecule has 1 unspecified atom stereocenters. The normalized spacial score (nSPS) is 13.5. The molecule has 0 heterocycles. The molecular weight excluding hydrogens is 214 g/mol. The van der Waals surface area contributed by atoms with Crippen LogP contribution in [0.3, 0.4) is 0 Å². The standard InChI is InChI=1S/C14H23NO2/c1-14(2,17-5)13(15-3)10-11-8-6-7-9-12(11)16-4/h6-9,13,15H,10H2,1-5H3. The Morgan fingerprint density at radius 3 is 2.41 bits per heavy atom. The first-order chi connectivity index (χ1) is 8.05. The van der Waals surface area contributed by atoms with Crippen LogP contribution in [-0.4, -0.2) is 32.9 Å². The number of hydrogen-bond donors (Lipinski definition) is 1. The molecule has 1 aromatic rings. The quantitative estimate of drug-likeness (QED) is 0.823. The lowest BCUT2D eigenvalue weighted by molar-refractivity contribution is -0.00808. The predicted molar refractivity (Wildman–Crippen MR) is 70.6 cm³/mol. The van der Waals surface area contributed by atoms with E-state index in [4.69, 9.17) is 9.47 Å². The predicted octanol–water partition coefficient (Wildman–Crippen LogP) is 2.25. The summed E-state index contributed by atoms with van der Waals surface area (Å²) >= 11 is 0. The van der Waals surface area contributed by atoms with Crippen LogP contribution in [0.25, 0.3) is 0 Å². The van der Waals surface area contributed by atoms with Crippen molar-refractivity contribution in [2.75, 3.05) is 21.3 Å². The van der Waals surface area contributed by atoms with Crippen LogP contribution < -0.4 is 10.1 Å². The molecule has 1 rings (SSSR count). The second kappa shape index (κ2) is 6.03. The average molecular weight is 237 g/mol. The fourth-order valence-corrected chi connectivity index (χ4v) is 1.93. The Balaban J connectivity index is 2.88. The molecule has 0 aliphatic heterocycles. The van der Waals surface area contributed by atoms with Gasteiger partial charge in [0.15, 0.2) is 0 Å². The molecule has 1 aromatic carbocycles. The van der Waals surface area contributed by atoms with E-state index in [1.165, 1.54) is 5.56 Å². The van der Waals surface area contributed by atoms with Crippen molar-refractivity contribution < 1.29 is 9.47 Å². The minimum atomic E-state index is -0.213. The van der Waals surface area contributed by atoms with Gasteiger partial charge in [0, 0.05) is 13.2 Å². The highest BCUT2D eigenvalue weighted by Gasteiger charge is 2.28. The molecule has 0 fully saturated rings. The van der Waals surface area contributed by atoms with Gasteiger partial charge in [0.1, 0.15) is 5.75 Å². The summed E-state index contributed by atoms with van der Waals surface area (Å²) in [7, 11) is 5.40. The molecule has 0 saturated heterocycles. The van der Waals surface area contributed by atoms with Crippen molar-refractivity contribution in [3.63, 3.8) is 0 Å². The highest BCUT2D eigenvalue weighted by atomic mass is 16.5. The highest BCUT2D eigenvalue weighted by molar-refractivity contribution is 5.34. The Morgan fingerprint density at radius 1 is 1.24 bits per heavy atom. The van der Waals surface area contributed by atoms with Gasteiger partial charge < -0.3 is 14.8 Å². The summed E-state index contributed by atoms with van der Waals surface area (Å²) in [4.78, 5) is 0. The van der Waals surface area contributed by atoms with Crippen LogP contribution in [0.5, 0.6) is 5.75 Å². The summed E-state index contributed by atoms with van der Waals surface area (Å²) < 4.78 is 10.9. The number of methoxy groups -OCH3 is 2. The first-order valence-corrected chi connectivity index (χ1v) is 5.89. The molecule has 1 atom stereocenters. The maximum Gasteiger partial charge on any atom is 0.122 e. The van der Waals surface area contributed by atoms with E-state index in [1.807, 2.05) is 25.2 Å². The van der Waals surface area contributed by atoms with Crippen LogP contribution in [0.2, 0.25) is 0 Å². The second-order valence-corrected chi connectivity index (χ2v) is 4.66. The first kappa shape index (κ1) is 14.0.